The highest BCUT2D eigenvalue weighted by atomic mass is 19.5. The fraction of sp³-hybridized carbons (Fsp3) is 0.588. The van der Waals surface area contributed by atoms with E-state index in [-0.39, 0.29) is 0 Å². The number of nitrogens with zero attached hydrogens (tertiary/aromatic N) is 2. The third-order valence-corrected chi connectivity index (χ3v) is 3.78. The normalized spacial score (nSPS) is 11.4. The molecule has 2 rings (SSSR count). The molecule has 24 heavy (non-hydrogen) atoms. The van der Waals surface area contributed by atoms with Gasteiger partial charge in [-0.05, 0) is 37.8 Å². The fourth-order valence-corrected chi connectivity index (χ4v) is 2.66. The zero-order chi connectivity index (χ0) is 18.0. The Bertz CT molecular complexity index is 546. The van der Waals surface area contributed by atoms with Crippen LogP contribution in [0.25, 0.3) is 11.0 Å². The molecule has 2 aromatic rings. The molecule has 0 aliphatic rings. The molecule has 0 unspecified atom stereocenters. The minimum atomic E-state index is -6.00. The highest BCUT2D eigenvalue weighted by Crippen LogP contribution is 2.12. The molecule has 1 aromatic carbocycles. The summed E-state index contributed by atoms with van der Waals surface area (Å²) >= 11 is 0. The van der Waals surface area contributed by atoms with Crippen LogP contribution in [0.1, 0.15) is 52.4 Å². The van der Waals surface area contributed by atoms with E-state index < -0.39 is 7.25 Å². The second-order valence-corrected chi connectivity index (χ2v) is 5.90. The lowest BCUT2D eigenvalue weighted by Gasteiger charge is -1.96. The molecule has 0 saturated carbocycles. The summed E-state index contributed by atoms with van der Waals surface area (Å²) in [6.07, 6.45) is 10.1. The number of aromatic nitrogens is 2. The van der Waals surface area contributed by atoms with Gasteiger partial charge in [-0.3, -0.25) is 0 Å². The maximum Gasteiger partial charge on any atom is 0.673 e. The van der Waals surface area contributed by atoms with Crippen molar-refractivity contribution < 1.29 is 21.8 Å². The number of halogens is 4. The fourth-order valence-electron chi connectivity index (χ4n) is 2.66. The minimum Gasteiger partial charge on any atom is -0.418 e. The van der Waals surface area contributed by atoms with Gasteiger partial charge in [0.05, 0.1) is 13.1 Å². The van der Waals surface area contributed by atoms with Crippen molar-refractivity contribution in [2.45, 2.75) is 65.5 Å². The molecular weight excluding hydrogens is 319 g/mol. The molecule has 0 N–H and O–H groups in total. The molecule has 0 bridgehead atoms. The summed E-state index contributed by atoms with van der Waals surface area (Å²) in [5, 5.41) is 0. The minimum absolute atomic E-state index is 1.15. The van der Waals surface area contributed by atoms with Crippen molar-refractivity contribution in [2.75, 3.05) is 0 Å². The SMILES string of the molecule is CCCCCn1c[n+](CCCCC)c2ccccc21.F[B-](F)(F)F. The van der Waals surface area contributed by atoms with Crippen LogP contribution in [0.4, 0.5) is 17.3 Å². The number of fused-ring (bicyclic) bond motifs is 1. The zero-order valence-corrected chi connectivity index (χ0v) is 14.5. The van der Waals surface area contributed by atoms with Crippen LogP contribution in [0.15, 0.2) is 30.6 Å². The van der Waals surface area contributed by atoms with Gasteiger partial charge in [0.1, 0.15) is 0 Å². The summed E-state index contributed by atoms with van der Waals surface area (Å²) in [6, 6.07) is 8.79. The Morgan fingerprint density at radius 1 is 0.917 bits per heavy atom. The number of aryl methyl sites for hydroxylation is 2. The van der Waals surface area contributed by atoms with Crippen molar-refractivity contribution in [3.8, 4) is 0 Å². The molecular formula is C17H27BF4N2. The summed E-state index contributed by atoms with van der Waals surface area (Å²) in [7, 11) is -6.00. The first-order valence-corrected chi connectivity index (χ1v) is 8.71. The van der Waals surface area contributed by atoms with Crippen LogP contribution in [0.5, 0.6) is 0 Å². The molecule has 136 valence electrons. The Kier molecular flexibility index (Phi) is 8.86. The van der Waals surface area contributed by atoms with Crippen molar-refractivity contribution in [2.24, 2.45) is 0 Å². The quantitative estimate of drug-likeness (QED) is 0.254. The number of hydrogen-bond acceptors (Lipinski definition) is 0. The summed E-state index contributed by atoms with van der Waals surface area (Å²) in [4.78, 5) is 0. The highest BCUT2D eigenvalue weighted by Gasteiger charge is 2.20. The molecule has 0 aliphatic carbocycles. The largest absolute Gasteiger partial charge is 0.673 e. The molecule has 1 heterocycles. The van der Waals surface area contributed by atoms with E-state index in [1.54, 1.807) is 0 Å². The van der Waals surface area contributed by atoms with Crippen molar-refractivity contribution in [3.05, 3.63) is 30.6 Å². The number of para-hydroxylation sites is 2. The second kappa shape index (κ2) is 10.4. The van der Waals surface area contributed by atoms with Crippen molar-refractivity contribution in [3.63, 3.8) is 0 Å². The molecule has 1 aromatic heterocycles. The van der Waals surface area contributed by atoms with Crippen LogP contribution in [0.3, 0.4) is 0 Å². The molecule has 7 heteroatoms. The Hall–Kier alpha value is -1.53. The van der Waals surface area contributed by atoms with Crippen LogP contribution >= 0.6 is 0 Å². The number of benzene rings is 1. The van der Waals surface area contributed by atoms with E-state index in [9.17, 15) is 17.3 Å². The highest BCUT2D eigenvalue weighted by molar-refractivity contribution is 6.50. The first kappa shape index (κ1) is 20.5. The molecule has 0 spiro atoms. The maximum absolute atomic E-state index is 9.75. The van der Waals surface area contributed by atoms with E-state index in [2.05, 4.69) is 53.6 Å². The van der Waals surface area contributed by atoms with Crippen molar-refractivity contribution in [1.29, 1.82) is 0 Å². The van der Waals surface area contributed by atoms with Crippen LogP contribution in [-0.4, -0.2) is 11.8 Å². The van der Waals surface area contributed by atoms with Gasteiger partial charge in [-0.25, -0.2) is 9.13 Å². The van der Waals surface area contributed by atoms with Gasteiger partial charge in [-0.2, -0.15) is 0 Å². The molecule has 0 atom stereocenters. The molecule has 0 amide bonds. The number of hydrogen-bond donors (Lipinski definition) is 0. The predicted octanol–water partition coefficient (Wildman–Crippen LogP) is 5.61. The standard InChI is InChI=1S/C17H27N2.BF4/c1-3-5-9-13-18-15-19(14-10-6-4-2)17-12-8-7-11-16(17)18;2-1(3,4)5/h7-8,11-12,15H,3-6,9-10,13-14H2,1-2H3;/q+1;-1. The zero-order valence-electron chi connectivity index (χ0n) is 14.5. The van der Waals surface area contributed by atoms with Gasteiger partial charge in [0, 0.05) is 0 Å². The summed E-state index contributed by atoms with van der Waals surface area (Å²) in [5.41, 5.74) is 2.77. The molecule has 0 fully saturated rings. The lowest BCUT2D eigenvalue weighted by atomic mass is 10.2. The van der Waals surface area contributed by atoms with Gasteiger partial charge in [0.15, 0.2) is 11.0 Å². The van der Waals surface area contributed by atoms with Crippen molar-refractivity contribution in [1.82, 2.24) is 4.57 Å². The Morgan fingerprint density at radius 2 is 1.50 bits per heavy atom. The maximum atomic E-state index is 9.75. The third-order valence-electron chi connectivity index (χ3n) is 3.78. The average Bonchev–Trinajstić information content (AvgIpc) is 2.85. The van der Waals surface area contributed by atoms with Gasteiger partial charge >= 0.3 is 7.25 Å². The topological polar surface area (TPSA) is 8.81 Å². The first-order valence-electron chi connectivity index (χ1n) is 8.71. The summed E-state index contributed by atoms with van der Waals surface area (Å²) in [6.45, 7) is 6.82. The third kappa shape index (κ3) is 7.84. The lowest BCUT2D eigenvalue weighted by molar-refractivity contribution is -0.672. The van der Waals surface area contributed by atoms with Crippen molar-refractivity contribution >= 4 is 18.3 Å². The number of rotatable bonds is 8. The smallest absolute Gasteiger partial charge is 0.418 e. The number of unbranched alkanes of at least 4 members (excludes halogenated alkanes) is 4. The summed E-state index contributed by atoms with van der Waals surface area (Å²) < 4.78 is 43.9. The van der Waals surface area contributed by atoms with E-state index in [0.29, 0.717) is 0 Å². The van der Waals surface area contributed by atoms with E-state index in [4.69, 9.17) is 0 Å². The van der Waals surface area contributed by atoms with Gasteiger partial charge in [0.25, 0.3) is 0 Å². The second-order valence-electron chi connectivity index (χ2n) is 5.90. The van der Waals surface area contributed by atoms with Gasteiger partial charge < -0.3 is 17.3 Å². The molecule has 2 nitrogen and oxygen atoms in total. The van der Waals surface area contributed by atoms with E-state index in [0.717, 1.165) is 13.1 Å². The Labute approximate surface area is 141 Å². The first-order chi connectivity index (χ1) is 11.4. The Morgan fingerprint density at radius 3 is 2.12 bits per heavy atom. The monoisotopic (exact) mass is 346 g/mol. The van der Waals surface area contributed by atoms with Crippen LogP contribution in [0.2, 0.25) is 0 Å². The molecule has 0 saturated heterocycles. The Balaban J connectivity index is 0.000000505. The van der Waals surface area contributed by atoms with Crippen LogP contribution in [0, 0.1) is 0 Å². The van der Waals surface area contributed by atoms with E-state index >= 15 is 0 Å². The van der Waals surface area contributed by atoms with Gasteiger partial charge in [-0.1, -0.05) is 38.8 Å². The lowest BCUT2D eigenvalue weighted by Crippen LogP contribution is -2.32. The molecule has 0 aliphatic heterocycles. The predicted molar refractivity (Wildman–Crippen MR) is 91.4 cm³/mol. The van der Waals surface area contributed by atoms with E-state index in [1.807, 2.05) is 0 Å². The van der Waals surface area contributed by atoms with Gasteiger partial charge in [-0.15, -0.1) is 0 Å². The van der Waals surface area contributed by atoms with Gasteiger partial charge in [0.2, 0.25) is 6.33 Å². The number of imidazole rings is 1. The summed E-state index contributed by atoms with van der Waals surface area (Å²) in [5.74, 6) is 0. The molecule has 0 radical (unpaired) electrons. The van der Waals surface area contributed by atoms with Crippen LogP contribution in [-0.2, 0) is 13.1 Å². The average molecular weight is 346 g/mol. The van der Waals surface area contributed by atoms with Crippen LogP contribution < -0.4 is 4.57 Å². The van der Waals surface area contributed by atoms with E-state index in [1.165, 1.54) is 49.6 Å².